The van der Waals surface area contributed by atoms with Crippen LogP contribution >= 0.6 is 0 Å². The van der Waals surface area contributed by atoms with Gasteiger partial charge in [-0.2, -0.15) is 0 Å². The summed E-state index contributed by atoms with van der Waals surface area (Å²) in [5, 5.41) is 6.69. The van der Waals surface area contributed by atoms with Crippen molar-refractivity contribution in [3.8, 4) is 0 Å². The molecule has 0 bridgehead atoms. The molecule has 1 aromatic carbocycles. The third-order valence-electron chi connectivity index (χ3n) is 3.31. The predicted molar refractivity (Wildman–Crippen MR) is 84.2 cm³/mol. The number of benzene rings is 1. The average molecular weight is 270 g/mol. The van der Waals surface area contributed by atoms with Gasteiger partial charge in [-0.3, -0.25) is 0 Å². The minimum Gasteiger partial charge on any atom is -0.370 e. The van der Waals surface area contributed by atoms with Crippen LogP contribution < -0.4 is 10.6 Å². The van der Waals surface area contributed by atoms with Crippen molar-refractivity contribution in [3.05, 3.63) is 46.8 Å². The second-order valence-corrected chi connectivity index (χ2v) is 4.90. The van der Waals surface area contributed by atoms with Gasteiger partial charge in [-0.25, -0.2) is 9.97 Å². The van der Waals surface area contributed by atoms with E-state index in [1.807, 2.05) is 13.8 Å². The van der Waals surface area contributed by atoms with E-state index in [1.54, 1.807) is 0 Å². The van der Waals surface area contributed by atoms with Gasteiger partial charge in [0.05, 0.1) is 0 Å². The average Bonchev–Trinajstić information content (AvgIpc) is 2.42. The highest BCUT2D eigenvalue weighted by Crippen LogP contribution is 2.20. The van der Waals surface area contributed by atoms with Gasteiger partial charge < -0.3 is 10.6 Å². The molecule has 1 heterocycles. The Hall–Kier alpha value is -2.10. The van der Waals surface area contributed by atoms with Crippen molar-refractivity contribution in [1.82, 2.24) is 9.97 Å². The summed E-state index contributed by atoms with van der Waals surface area (Å²) in [4.78, 5) is 8.93. The third kappa shape index (κ3) is 3.26. The van der Waals surface area contributed by atoms with Crippen molar-refractivity contribution in [3.63, 3.8) is 0 Å². The SMILES string of the molecule is CCNc1nc(C)nc(NCc2ccccc2C)c1C. The number of anilines is 2. The van der Waals surface area contributed by atoms with E-state index in [9.17, 15) is 0 Å². The van der Waals surface area contributed by atoms with Crippen molar-refractivity contribution in [2.45, 2.75) is 34.2 Å². The molecular weight excluding hydrogens is 248 g/mol. The van der Waals surface area contributed by atoms with Gasteiger partial charge in [0.1, 0.15) is 17.5 Å². The van der Waals surface area contributed by atoms with Crippen LogP contribution in [0.2, 0.25) is 0 Å². The summed E-state index contributed by atoms with van der Waals surface area (Å²) in [6.45, 7) is 9.78. The molecule has 0 saturated heterocycles. The number of hydrogen-bond donors (Lipinski definition) is 2. The van der Waals surface area contributed by atoms with Gasteiger partial charge in [-0.05, 0) is 38.8 Å². The molecule has 4 nitrogen and oxygen atoms in total. The Labute approximate surface area is 120 Å². The fraction of sp³-hybridized carbons (Fsp3) is 0.375. The van der Waals surface area contributed by atoms with Crippen molar-refractivity contribution < 1.29 is 0 Å². The summed E-state index contributed by atoms with van der Waals surface area (Å²) in [6, 6.07) is 8.38. The molecule has 2 aromatic rings. The lowest BCUT2D eigenvalue weighted by Gasteiger charge is -2.14. The molecule has 1 aromatic heterocycles. The monoisotopic (exact) mass is 270 g/mol. The van der Waals surface area contributed by atoms with Crippen LogP contribution in [0.5, 0.6) is 0 Å². The Bertz CT molecular complexity index is 593. The zero-order valence-corrected chi connectivity index (χ0v) is 12.6. The standard InChI is InChI=1S/C16H22N4/c1-5-17-15-12(3)16(20-13(4)19-15)18-10-14-9-7-6-8-11(14)2/h6-9H,5,10H2,1-4H3,(H2,17,18,19,20). The first-order valence-corrected chi connectivity index (χ1v) is 6.99. The van der Waals surface area contributed by atoms with E-state index in [2.05, 4.69) is 58.7 Å². The number of aromatic nitrogens is 2. The second kappa shape index (κ2) is 6.37. The first kappa shape index (κ1) is 14.3. The zero-order valence-electron chi connectivity index (χ0n) is 12.6. The molecule has 4 heteroatoms. The topological polar surface area (TPSA) is 49.8 Å². The van der Waals surface area contributed by atoms with Crippen LogP contribution in [0.15, 0.2) is 24.3 Å². The van der Waals surface area contributed by atoms with Gasteiger partial charge in [-0.15, -0.1) is 0 Å². The summed E-state index contributed by atoms with van der Waals surface area (Å²) in [7, 11) is 0. The van der Waals surface area contributed by atoms with Crippen LogP contribution in [-0.4, -0.2) is 16.5 Å². The van der Waals surface area contributed by atoms with Gasteiger partial charge in [0.15, 0.2) is 0 Å². The van der Waals surface area contributed by atoms with E-state index < -0.39 is 0 Å². The van der Waals surface area contributed by atoms with Crippen LogP contribution in [0.4, 0.5) is 11.6 Å². The number of hydrogen-bond acceptors (Lipinski definition) is 4. The van der Waals surface area contributed by atoms with Gasteiger partial charge in [0.25, 0.3) is 0 Å². The molecule has 20 heavy (non-hydrogen) atoms. The minimum atomic E-state index is 0.773. The molecule has 0 atom stereocenters. The van der Waals surface area contributed by atoms with Crippen molar-refractivity contribution in [1.29, 1.82) is 0 Å². The lowest BCUT2D eigenvalue weighted by atomic mass is 10.1. The van der Waals surface area contributed by atoms with Crippen LogP contribution in [0.25, 0.3) is 0 Å². The largest absolute Gasteiger partial charge is 0.370 e. The number of rotatable bonds is 5. The molecule has 0 radical (unpaired) electrons. The van der Waals surface area contributed by atoms with Gasteiger partial charge in [0.2, 0.25) is 0 Å². The maximum atomic E-state index is 4.50. The van der Waals surface area contributed by atoms with E-state index in [0.717, 1.165) is 36.1 Å². The fourth-order valence-electron chi connectivity index (χ4n) is 2.13. The smallest absolute Gasteiger partial charge is 0.135 e. The Kier molecular flexibility index (Phi) is 4.56. The number of nitrogens with zero attached hydrogens (tertiary/aromatic N) is 2. The van der Waals surface area contributed by atoms with Gasteiger partial charge in [-0.1, -0.05) is 24.3 Å². The highest BCUT2D eigenvalue weighted by atomic mass is 15.1. The first-order valence-electron chi connectivity index (χ1n) is 6.99. The number of aryl methyl sites for hydroxylation is 2. The van der Waals surface area contributed by atoms with Crippen LogP contribution in [0.1, 0.15) is 29.4 Å². The minimum absolute atomic E-state index is 0.773. The normalized spacial score (nSPS) is 10.4. The van der Waals surface area contributed by atoms with Crippen molar-refractivity contribution in [2.75, 3.05) is 17.2 Å². The third-order valence-corrected chi connectivity index (χ3v) is 3.31. The molecule has 2 rings (SSSR count). The summed E-state index contributed by atoms with van der Waals surface area (Å²) < 4.78 is 0. The summed E-state index contributed by atoms with van der Waals surface area (Å²) in [5.74, 6) is 2.59. The van der Waals surface area contributed by atoms with Gasteiger partial charge >= 0.3 is 0 Å². The van der Waals surface area contributed by atoms with Crippen LogP contribution in [-0.2, 0) is 6.54 Å². The van der Waals surface area contributed by atoms with E-state index in [1.165, 1.54) is 11.1 Å². The van der Waals surface area contributed by atoms with Crippen LogP contribution in [0.3, 0.4) is 0 Å². The predicted octanol–water partition coefficient (Wildman–Crippen LogP) is 3.45. The molecule has 2 N–H and O–H groups in total. The Morgan fingerprint density at radius 1 is 0.950 bits per heavy atom. The Balaban J connectivity index is 2.19. The number of nitrogens with one attached hydrogen (secondary N) is 2. The summed E-state index contributed by atoms with van der Waals surface area (Å²) in [6.07, 6.45) is 0. The molecule has 0 unspecified atom stereocenters. The zero-order chi connectivity index (χ0) is 14.5. The molecule has 0 fully saturated rings. The Morgan fingerprint density at radius 2 is 1.60 bits per heavy atom. The second-order valence-electron chi connectivity index (χ2n) is 4.90. The quantitative estimate of drug-likeness (QED) is 0.873. The molecule has 0 aliphatic heterocycles. The lowest BCUT2D eigenvalue weighted by molar-refractivity contribution is 0.990. The molecule has 0 aliphatic rings. The first-order chi connectivity index (χ1) is 9.61. The van der Waals surface area contributed by atoms with E-state index >= 15 is 0 Å². The summed E-state index contributed by atoms with van der Waals surface area (Å²) in [5.41, 5.74) is 3.63. The van der Waals surface area contributed by atoms with Crippen LogP contribution in [0, 0.1) is 20.8 Å². The highest BCUT2D eigenvalue weighted by molar-refractivity contribution is 5.57. The van der Waals surface area contributed by atoms with Gasteiger partial charge in [0, 0.05) is 18.7 Å². The Morgan fingerprint density at radius 3 is 2.25 bits per heavy atom. The van der Waals surface area contributed by atoms with Crippen molar-refractivity contribution in [2.24, 2.45) is 0 Å². The molecule has 0 saturated carbocycles. The van der Waals surface area contributed by atoms with E-state index in [4.69, 9.17) is 0 Å². The maximum absolute atomic E-state index is 4.50. The van der Waals surface area contributed by atoms with E-state index in [-0.39, 0.29) is 0 Å². The molecule has 0 amide bonds. The molecule has 0 spiro atoms. The molecule has 0 aliphatic carbocycles. The molecular formula is C16H22N4. The highest BCUT2D eigenvalue weighted by Gasteiger charge is 2.08. The molecule has 106 valence electrons. The lowest BCUT2D eigenvalue weighted by Crippen LogP contribution is -2.10. The fourth-order valence-corrected chi connectivity index (χ4v) is 2.13. The summed E-state index contributed by atoms with van der Waals surface area (Å²) >= 11 is 0. The van der Waals surface area contributed by atoms with E-state index in [0.29, 0.717) is 0 Å². The van der Waals surface area contributed by atoms with Crippen molar-refractivity contribution >= 4 is 11.6 Å². The maximum Gasteiger partial charge on any atom is 0.135 e.